The lowest BCUT2D eigenvalue weighted by molar-refractivity contribution is 0.400. The number of rotatable bonds is 8. The highest BCUT2D eigenvalue weighted by molar-refractivity contribution is 5.79. The molecule has 6 heteroatoms. The van der Waals surface area contributed by atoms with Crippen molar-refractivity contribution in [2.45, 2.75) is 40.4 Å². The van der Waals surface area contributed by atoms with Gasteiger partial charge in [-0.1, -0.05) is 42.5 Å². The van der Waals surface area contributed by atoms with Crippen molar-refractivity contribution >= 4 is 5.96 Å². The molecule has 0 unspecified atom stereocenters. The Morgan fingerprint density at radius 2 is 1.65 bits per heavy atom. The van der Waals surface area contributed by atoms with E-state index in [4.69, 9.17) is 4.99 Å². The minimum absolute atomic E-state index is 0.573. The van der Waals surface area contributed by atoms with Crippen molar-refractivity contribution in [2.75, 3.05) is 20.6 Å². The zero-order valence-corrected chi connectivity index (χ0v) is 19.3. The highest BCUT2D eigenvalue weighted by Gasteiger charge is 2.09. The van der Waals surface area contributed by atoms with Gasteiger partial charge in [0.15, 0.2) is 5.96 Å². The lowest BCUT2D eigenvalue weighted by atomic mass is 10.1. The number of nitrogens with one attached hydrogen (secondary N) is 2. The molecule has 0 radical (unpaired) electrons. The van der Waals surface area contributed by atoms with Crippen molar-refractivity contribution in [1.82, 2.24) is 25.3 Å². The third-order valence-electron chi connectivity index (χ3n) is 5.03. The molecular weight excluding hydrogens is 384 g/mol. The third-order valence-corrected chi connectivity index (χ3v) is 5.03. The van der Waals surface area contributed by atoms with Crippen LogP contribution < -0.4 is 10.6 Å². The maximum atomic E-state index is 4.85. The summed E-state index contributed by atoms with van der Waals surface area (Å²) in [4.78, 5) is 7.04. The van der Waals surface area contributed by atoms with Crippen LogP contribution in [-0.2, 0) is 19.6 Å². The monoisotopic (exact) mass is 418 g/mol. The van der Waals surface area contributed by atoms with E-state index < -0.39 is 0 Å². The molecule has 0 spiro atoms. The molecule has 0 aliphatic rings. The average Bonchev–Trinajstić information content (AvgIpc) is 3.08. The van der Waals surface area contributed by atoms with Crippen molar-refractivity contribution in [2.24, 2.45) is 4.99 Å². The smallest absolute Gasteiger partial charge is 0.191 e. The van der Waals surface area contributed by atoms with E-state index in [2.05, 4.69) is 97.1 Å². The molecule has 0 fully saturated rings. The Labute approximate surface area is 186 Å². The maximum absolute atomic E-state index is 4.85. The summed E-state index contributed by atoms with van der Waals surface area (Å²) in [6, 6.07) is 19.0. The molecule has 31 heavy (non-hydrogen) atoms. The Morgan fingerprint density at radius 3 is 2.29 bits per heavy atom. The Balaban J connectivity index is 1.77. The van der Waals surface area contributed by atoms with Gasteiger partial charge < -0.3 is 15.5 Å². The standard InChI is InChI=1S/C25H34N6/c1-6-26-25(27-16-21-11-7-8-13-23(21)18-30(4)5)28-17-22-12-9-10-14-24(22)31-20(3)15-19(2)29-31/h7-15H,6,16-18H2,1-5H3,(H2,26,27,28). The molecule has 0 saturated carbocycles. The predicted molar refractivity (Wildman–Crippen MR) is 129 cm³/mol. The van der Waals surface area contributed by atoms with E-state index in [1.54, 1.807) is 0 Å². The fourth-order valence-electron chi connectivity index (χ4n) is 3.63. The molecule has 0 atom stereocenters. The van der Waals surface area contributed by atoms with Crippen LogP contribution in [0.4, 0.5) is 0 Å². The van der Waals surface area contributed by atoms with E-state index in [0.29, 0.717) is 6.54 Å². The van der Waals surface area contributed by atoms with Gasteiger partial charge in [0.1, 0.15) is 0 Å². The number of aliphatic imine (C=N–C) groups is 1. The van der Waals surface area contributed by atoms with E-state index in [0.717, 1.165) is 48.2 Å². The van der Waals surface area contributed by atoms with Gasteiger partial charge in [-0.3, -0.25) is 0 Å². The van der Waals surface area contributed by atoms with Gasteiger partial charge in [0, 0.05) is 25.3 Å². The second-order valence-electron chi connectivity index (χ2n) is 8.02. The molecule has 2 N–H and O–H groups in total. The van der Waals surface area contributed by atoms with Crippen LogP contribution in [0.25, 0.3) is 5.69 Å². The third kappa shape index (κ3) is 6.18. The summed E-state index contributed by atoms with van der Waals surface area (Å²) in [5.41, 5.74) is 6.96. The average molecular weight is 419 g/mol. The van der Waals surface area contributed by atoms with E-state index in [-0.39, 0.29) is 0 Å². The second kappa shape index (κ2) is 10.8. The van der Waals surface area contributed by atoms with Gasteiger partial charge in [0.2, 0.25) is 0 Å². The molecule has 1 heterocycles. The van der Waals surface area contributed by atoms with Gasteiger partial charge in [0.25, 0.3) is 0 Å². The number of hydrogen-bond acceptors (Lipinski definition) is 3. The molecule has 0 aliphatic heterocycles. The highest BCUT2D eigenvalue weighted by Crippen LogP contribution is 2.18. The fraction of sp³-hybridized carbons (Fsp3) is 0.360. The Bertz CT molecular complexity index is 1020. The first-order chi connectivity index (χ1) is 15.0. The van der Waals surface area contributed by atoms with Crippen LogP contribution in [0.1, 0.15) is 35.0 Å². The van der Waals surface area contributed by atoms with Crippen LogP contribution >= 0.6 is 0 Å². The van der Waals surface area contributed by atoms with E-state index in [1.165, 1.54) is 11.1 Å². The molecular formula is C25H34N6. The summed E-state index contributed by atoms with van der Waals surface area (Å²) in [5.74, 6) is 0.810. The highest BCUT2D eigenvalue weighted by atomic mass is 15.3. The molecule has 3 rings (SSSR count). The first kappa shape index (κ1) is 22.6. The minimum atomic E-state index is 0.573. The first-order valence-corrected chi connectivity index (χ1v) is 10.8. The van der Waals surface area contributed by atoms with Crippen molar-refractivity contribution in [3.8, 4) is 5.69 Å². The number of nitrogens with zero attached hydrogens (tertiary/aromatic N) is 4. The van der Waals surface area contributed by atoms with Gasteiger partial charge in [-0.05, 0) is 63.7 Å². The summed E-state index contributed by atoms with van der Waals surface area (Å²) < 4.78 is 2.00. The van der Waals surface area contributed by atoms with E-state index in [9.17, 15) is 0 Å². The van der Waals surface area contributed by atoms with Crippen LogP contribution in [0.15, 0.2) is 59.6 Å². The summed E-state index contributed by atoms with van der Waals surface area (Å²) in [6.45, 7) is 9.22. The number of aromatic nitrogens is 2. The largest absolute Gasteiger partial charge is 0.357 e. The second-order valence-corrected chi connectivity index (χ2v) is 8.02. The van der Waals surface area contributed by atoms with Crippen LogP contribution in [0.3, 0.4) is 0 Å². The van der Waals surface area contributed by atoms with Gasteiger partial charge in [-0.25, -0.2) is 9.67 Å². The molecule has 6 nitrogen and oxygen atoms in total. The molecule has 0 aliphatic carbocycles. The van der Waals surface area contributed by atoms with Crippen molar-refractivity contribution in [3.05, 3.63) is 82.7 Å². The zero-order valence-electron chi connectivity index (χ0n) is 19.3. The maximum Gasteiger partial charge on any atom is 0.191 e. The molecule has 2 aromatic carbocycles. The van der Waals surface area contributed by atoms with Gasteiger partial charge in [-0.2, -0.15) is 5.10 Å². The minimum Gasteiger partial charge on any atom is -0.357 e. The molecule has 164 valence electrons. The lowest BCUT2D eigenvalue weighted by Crippen LogP contribution is -2.37. The number of para-hydroxylation sites is 1. The van der Waals surface area contributed by atoms with Gasteiger partial charge in [0.05, 0.1) is 17.9 Å². The van der Waals surface area contributed by atoms with Gasteiger partial charge in [-0.15, -0.1) is 0 Å². The van der Waals surface area contributed by atoms with Gasteiger partial charge >= 0.3 is 0 Å². The number of guanidine groups is 1. The Morgan fingerprint density at radius 1 is 0.968 bits per heavy atom. The van der Waals surface area contributed by atoms with Crippen molar-refractivity contribution < 1.29 is 0 Å². The van der Waals surface area contributed by atoms with E-state index >= 15 is 0 Å². The fourth-order valence-corrected chi connectivity index (χ4v) is 3.63. The molecule has 3 aromatic rings. The quantitative estimate of drug-likeness (QED) is 0.431. The summed E-state index contributed by atoms with van der Waals surface area (Å²) >= 11 is 0. The SMILES string of the molecule is CCNC(=NCc1ccccc1-n1nc(C)cc1C)NCc1ccccc1CN(C)C. The summed E-state index contributed by atoms with van der Waals surface area (Å²) in [6.07, 6.45) is 0. The van der Waals surface area contributed by atoms with Crippen LogP contribution in [0, 0.1) is 13.8 Å². The number of aryl methyl sites for hydroxylation is 2. The van der Waals surface area contributed by atoms with Crippen molar-refractivity contribution in [1.29, 1.82) is 0 Å². The Hall–Kier alpha value is -3.12. The van der Waals surface area contributed by atoms with Crippen molar-refractivity contribution in [3.63, 3.8) is 0 Å². The summed E-state index contributed by atoms with van der Waals surface area (Å²) in [5, 5.41) is 11.5. The summed E-state index contributed by atoms with van der Waals surface area (Å²) in [7, 11) is 4.19. The molecule has 0 amide bonds. The zero-order chi connectivity index (χ0) is 22.2. The number of benzene rings is 2. The predicted octanol–water partition coefficient (Wildman–Crippen LogP) is 3.81. The normalized spacial score (nSPS) is 11.7. The Kier molecular flexibility index (Phi) is 7.84. The van der Waals surface area contributed by atoms with Crippen LogP contribution in [0.2, 0.25) is 0 Å². The molecule has 0 bridgehead atoms. The molecule has 0 saturated heterocycles. The van der Waals surface area contributed by atoms with Crippen LogP contribution in [-0.4, -0.2) is 41.3 Å². The van der Waals surface area contributed by atoms with E-state index in [1.807, 2.05) is 17.7 Å². The number of hydrogen-bond donors (Lipinski definition) is 2. The van der Waals surface area contributed by atoms with Crippen LogP contribution in [0.5, 0.6) is 0 Å². The topological polar surface area (TPSA) is 57.5 Å². The first-order valence-electron chi connectivity index (χ1n) is 10.8. The lowest BCUT2D eigenvalue weighted by Gasteiger charge is -2.16. The molecule has 1 aromatic heterocycles.